The summed E-state index contributed by atoms with van der Waals surface area (Å²) < 4.78 is 2.70. The lowest BCUT2D eigenvalue weighted by Gasteiger charge is -2.12. The first-order valence-electron chi connectivity index (χ1n) is 8.08. The largest absolute Gasteiger partial charge is 0.370 e. The molecule has 5 rings (SSSR count). The van der Waals surface area contributed by atoms with Crippen LogP contribution in [0.4, 0.5) is 5.82 Å². The molecule has 0 radical (unpaired) electrons. The third kappa shape index (κ3) is 2.02. The monoisotopic (exact) mass is 368 g/mol. The Bertz CT molecular complexity index is 903. The van der Waals surface area contributed by atoms with Crippen LogP contribution in [0.3, 0.4) is 0 Å². The van der Waals surface area contributed by atoms with Crippen LogP contribution in [-0.4, -0.2) is 21.1 Å². The van der Waals surface area contributed by atoms with E-state index in [1.807, 2.05) is 12.3 Å². The number of rotatable bonds is 3. The predicted molar refractivity (Wildman–Crippen MR) is 93.7 cm³/mol. The topological polar surface area (TPSA) is 42.2 Å². The lowest BCUT2D eigenvalue weighted by molar-refractivity contribution is 0.609. The fourth-order valence-corrected chi connectivity index (χ4v) is 4.53. The van der Waals surface area contributed by atoms with Crippen molar-refractivity contribution in [3.63, 3.8) is 0 Å². The average molecular weight is 369 g/mol. The molecule has 0 amide bonds. The highest BCUT2D eigenvalue weighted by molar-refractivity contribution is 9.10. The maximum atomic E-state index is 4.64. The van der Waals surface area contributed by atoms with Gasteiger partial charge in [-0.15, -0.1) is 0 Å². The van der Waals surface area contributed by atoms with E-state index in [1.54, 1.807) is 21.8 Å². The average Bonchev–Trinajstić information content (AvgIpc) is 2.99. The van der Waals surface area contributed by atoms with E-state index < -0.39 is 0 Å². The number of benzene rings is 1. The van der Waals surface area contributed by atoms with Gasteiger partial charge in [0.1, 0.15) is 5.82 Å². The van der Waals surface area contributed by atoms with E-state index in [0.717, 1.165) is 28.4 Å². The second kappa shape index (κ2) is 4.81. The zero-order chi connectivity index (χ0) is 15.4. The van der Waals surface area contributed by atoms with Crippen LogP contribution in [0.1, 0.15) is 24.0 Å². The van der Waals surface area contributed by atoms with E-state index in [0.29, 0.717) is 5.41 Å². The molecule has 1 N–H and O–H groups in total. The number of nitrogens with one attached hydrogen (secondary N) is 1. The lowest BCUT2D eigenvalue weighted by Crippen LogP contribution is -2.13. The van der Waals surface area contributed by atoms with Gasteiger partial charge < -0.3 is 5.32 Å². The van der Waals surface area contributed by atoms with Gasteiger partial charge in [0.25, 0.3) is 0 Å². The molecule has 3 aromatic rings. The van der Waals surface area contributed by atoms with E-state index in [-0.39, 0.29) is 0 Å². The third-order valence-corrected chi connectivity index (χ3v) is 6.04. The number of anilines is 1. The Morgan fingerprint density at radius 3 is 3.17 bits per heavy atom. The summed E-state index contributed by atoms with van der Waals surface area (Å²) in [4.78, 5) is 4.64. The Hall–Kier alpha value is -1.88. The van der Waals surface area contributed by atoms with Crippen molar-refractivity contribution in [2.75, 3.05) is 11.9 Å². The van der Waals surface area contributed by atoms with Gasteiger partial charge in [0.05, 0.1) is 10.7 Å². The minimum absolute atomic E-state index is 0.435. The second-order valence-electron chi connectivity index (χ2n) is 6.67. The van der Waals surface area contributed by atoms with E-state index in [1.165, 1.54) is 19.3 Å². The normalized spacial score (nSPS) is 25.0. The van der Waals surface area contributed by atoms with Crippen LogP contribution in [-0.2, 0) is 11.8 Å². The number of halogens is 1. The van der Waals surface area contributed by atoms with Gasteiger partial charge in [-0.3, -0.25) is 0 Å². The summed E-state index contributed by atoms with van der Waals surface area (Å²) in [5.41, 5.74) is 4.43. The summed E-state index contributed by atoms with van der Waals surface area (Å²) in [6.07, 6.45) is 7.56. The summed E-state index contributed by atoms with van der Waals surface area (Å²) in [6, 6.07) is 11.0. The Labute approximate surface area is 143 Å². The van der Waals surface area contributed by atoms with Crippen molar-refractivity contribution < 1.29 is 0 Å². The maximum Gasteiger partial charge on any atom is 0.171 e. The highest BCUT2D eigenvalue weighted by atomic mass is 79.9. The van der Waals surface area contributed by atoms with Crippen LogP contribution in [0.5, 0.6) is 0 Å². The van der Waals surface area contributed by atoms with Crippen LogP contribution in [0.25, 0.3) is 5.65 Å². The van der Waals surface area contributed by atoms with Gasteiger partial charge in [-0.05, 0) is 58.3 Å². The lowest BCUT2D eigenvalue weighted by atomic mass is 9.95. The first-order valence-corrected chi connectivity index (χ1v) is 8.88. The van der Waals surface area contributed by atoms with Crippen molar-refractivity contribution >= 4 is 27.4 Å². The molecule has 1 spiro atoms. The van der Waals surface area contributed by atoms with Crippen molar-refractivity contribution in [3.8, 4) is 0 Å². The number of hydrogen-bond donors (Lipinski definition) is 1. The van der Waals surface area contributed by atoms with E-state index in [4.69, 9.17) is 0 Å². The molecule has 2 aromatic heterocycles. The van der Waals surface area contributed by atoms with Gasteiger partial charge in [-0.1, -0.05) is 24.3 Å². The number of aryl methyl sites for hydroxylation is 1. The van der Waals surface area contributed by atoms with E-state index >= 15 is 0 Å². The van der Waals surface area contributed by atoms with E-state index in [9.17, 15) is 0 Å². The molecule has 116 valence electrons. The molecule has 0 aliphatic heterocycles. The predicted octanol–water partition coefficient (Wildman–Crippen LogP) is 3.81. The van der Waals surface area contributed by atoms with Gasteiger partial charge in [0.15, 0.2) is 5.65 Å². The summed E-state index contributed by atoms with van der Waals surface area (Å²) in [7, 11) is 0. The van der Waals surface area contributed by atoms with Gasteiger partial charge in [0, 0.05) is 18.2 Å². The van der Waals surface area contributed by atoms with Crippen LogP contribution in [0.2, 0.25) is 0 Å². The molecular formula is C18H17BrN4. The minimum Gasteiger partial charge on any atom is -0.370 e. The van der Waals surface area contributed by atoms with Crippen molar-refractivity contribution in [2.24, 2.45) is 5.92 Å². The van der Waals surface area contributed by atoms with Crippen molar-refractivity contribution in [1.82, 2.24) is 14.6 Å². The molecule has 4 nitrogen and oxygen atoms in total. The standard InChI is InChI=1S/C18H17BrN4/c19-15-11-21-23-8-6-16(22-17(15)23)20-10-13-9-18(13)7-5-12-3-1-2-4-14(12)18/h1-4,6,8,11,13H,5,7,9-10H2,(H,20,22). The summed E-state index contributed by atoms with van der Waals surface area (Å²) in [6.45, 7) is 0.989. The Morgan fingerprint density at radius 2 is 2.22 bits per heavy atom. The van der Waals surface area contributed by atoms with Crippen LogP contribution in [0.15, 0.2) is 47.2 Å². The zero-order valence-corrected chi connectivity index (χ0v) is 14.3. The molecule has 2 atom stereocenters. The molecular weight excluding hydrogens is 352 g/mol. The molecule has 2 aliphatic rings. The van der Waals surface area contributed by atoms with Crippen LogP contribution < -0.4 is 5.32 Å². The molecule has 1 fully saturated rings. The molecule has 23 heavy (non-hydrogen) atoms. The highest BCUT2D eigenvalue weighted by Crippen LogP contribution is 2.61. The summed E-state index contributed by atoms with van der Waals surface area (Å²) in [5.74, 6) is 1.64. The van der Waals surface area contributed by atoms with E-state index in [2.05, 4.69) is 55.6 Å². The minimum atomic E-state index is 0.435. The number of hydrogen-bond acceptors (Lipinski definition) is 3. The van der Waals surface area contributed by atoms with Gasteiger partial charge in [-0.2, -0.15) is 5.10 Å². The first kappa shape index (κ1) is 13.5. The molecule has 0 bridgehead atoms. The summed E-state index contributed by atoms with van der Waals surface area (Å²) in [5, 5.41) is 7.75. The molecule has 2 unspecified atom stereocenters. The van der Waals surface area contributed by atoms with Crippen molar-refractivity contribution in [1.29, 1.82) is 0 Å². The number of nitrogens with zero attached hydrogens (tertiary/aromatic N) is 3. The fourth-order valence-electron chi connectivity index (χ4n) is 4.17. The first-order chi connectivity index (χ1) is 11.3. The maximum absolute atomic E-state index is 4.64. The Kier molecular flexibility index (Phi) is 2.83. The van der Waals surface area contributed by atoms with Gasteiger partial charge in [0.2, 0.25) is 0 Å². The molecule has 1 aromatic carbocycles. The smallest absolute Gasteiger partial charge is 0.171 e. The Balaban J connectivity index is 1.33. The molecule has 5 heteroatoms. The number of aromatic nitrogens is 3. The van der Waals surface area contributed by atoms with Crippen molar-refractivity contribution in [2.45, 2.75) is 24.7 Å². The highest BCUT2D eigenvalue weighted by Gasteiger charge is 2.57. The SMILES string of the molecule is Brc1cnn2ccc(NCC3CC34CCc3ccccc34)nc12. The molecule has 2 heterocycles. The fraction of sp³-hybridized carbons (Fsp3) is 0.333. The van der Waals surface area contributed by atoms with Crippen LogP contribution >= 0.6 is 15.9 Å². The van der Waals surface area contributed by atoms with Gasteiger partial charge >= 0.3 is 0 Å². The Morgan fingerprint density at radius 1 is 1.30 bits per heavy atom. The zero-order valence-electron chi connectivity index (χ0n) is 12.7. The molecule has 0 saturated heterocycles. The summed E-state index contributed by atoms with van der Waals surface area (Å²) >= 11 is 3.49. The quantitative estimate of drug-likeness (QED) is 0.764. The third-order valence-electron chi connectivity index (χ3n) is 5.48. The van der Waals surface area contributed by atoms with Gasteiger partial charge in [-0.25, -0.2) is 9.50 Å². The molecule has 2 aliphatic carbocycles. The molecule has 1 saturated carbocycles. The van der Waals surface area contributed by atoms with Crippen molar-refractivity contribution in [3.05, 3.63) is 58.3 Å². The van der Waals surface area contributed by atoms with Crippen LogP contribution in [0, 0.1) is 5.92 Å². The number of fused-ring (bicyclic) bond motifs is 3. The second-order valence-corrected chi connectivity index (χ2v) is 7.52.